The Hall–Kier alpha value is -2.12. The van der Waals surface area contributed by atoms with Crippen LogP contribution in [0.3, 0.4) is 0 Å². The molecule has 126 valence electrons. The van der Waals surface area contributed by atoms with Crippen molar-refractivity contribution < 1.29 is 24.2 Å². The SMILES string of the molecule is COC1COCCC1CNC(=O)NCc1ccc(C(=O)O)cc1. The van der Waals surface area contributed by atoms with E-state index in [-0.39, 0.29) is 23.6 Å². The average molecular weight is 322 g/mol. The molecule has 23 heavy (non-hydrogen) atoms. The molecule has 0 aromatic heterocycles. The molecule has 0 aliphatic carbocycles. The lowest BCUT2D eigenvalue weighted by Crippen LogP contribution is -2.44. The zero-order chi connectivity index (χ0) is 16.7. The molecule has 2 rings (SSSR count). The van der Waals surface area contributed by atoms with Crippen LogP contribution in [0.25, 0.3) is 0 Å². The number of carbonyl (C=O) groups is 2. The highest BCUT2D eigenvalue weighted by Gasteiger charge is 2.25. The summed E-state index contributed by atoms with van der Waals surface area (Å²) in [6.07, 6.45) is 0.864. The summed E-state index contributed by atoms with van der Waals surface area (Å²) < 4.78 is 10.7. The number of ether oxygens (including phenoxy) is 2. The molecule has 1 heterocycles. The molecule has 2 unspecified atom stereocenters. The number of methoxy groups -OCH3 is 1. The molecule has 1 aromatic carbocycles. The van der Waals surface area contributed by atoms with E-state index in [2.05, 4.69) is 10.6 Å². The molecule has 1 fully saturated rings. The van der Waals surface area contributed by atoms with Gasteiger partial charge in [0, 0.05) is 32.7 Å². The summed E-state index contributed by atoms with van der Waals surface area (Å²) in [5.41, 5.74) is 1.06. The Kier molecular flexibility index (Phi) is 6.37. The summed E-state index contributed by atoms with van der Waals surface area (Å²) >= 11 is 0. The normalized spacial score (nSPS) is 20.7. The Morgan fingerprint density at radius 3 is 2.70 bits per heavy atom. The Morgan fingerprint density at radius 1 is 1.30 bits per heavy atom. The molecule has 3 N–H and O–H groups in total. The van der Waals surface area contributed by atoms with E-state index in [1.54, 1.807) is 19.2 Å². The van der Waals surface area contributed by atoms with Crippen LogP contribution in [-0.4, -0.2) is 50.1 Å². The summed E-state index contributed by atoms with van der Waals surface area (Å²) in [6.45, 7) is 2.11. The first kappa shape index (κ1) is 17.2. The van der Waals surface area contributed by atoms with Gasteiger partial charge >= 0.3 is 12.0 Å². The maximum Gasteiger partial charge on any atom is 0.335 e. The van der Waals surface area contributed by atoms with Gasteiger partial charge < -0.3 is 25.2 Å². The minimum atomic E-state index is -0.966. The van der Waals surface area contributed by atoms with E-state index in [1.807, 2.05) is 0 Å². The Labute approximate surface area is 135 Å². The molecule has 1 aliphatic heterocycles. The maximum atomic E-state index is 11.8. The number of aromatic carboxylic acids is 1. The van der Waals surface area contributed by atoms with Gasteiger partial charge in [0.2, 0.25) is 0 Å². The molecule has 1 aliphatic rings. The highest BCUT2D eigenvalue weighted by atomic mass is 16.5. The molecule has 0 saturated carbocycles. The molecule has 2 atom stereocenters. The zero-order valence-corrected chi connectivity index (χ0v) is 13.1. The number of benzene rings is 1. The summed E-state index contributed by atoms with van der Waals surface area (Å²) in [4.78, 5) is 22.6. The van der Waals surface area contributed by atoms with Crippen LogP contribution < -0.4 is 10.6 Å². The topological polar surface area (TPSA) is 96.9 Å². The predicted molar refractivity (Wildman–Crippen MR) is 83.4 cm³/mol. The smallest absolute Gasteiger partial charge is 0.335 e. The van der Waals surface area contributed by atoms with E-state index in [0.29, 0.717) is 26.3 Å². The first-order valence-corrected chi connectivity index (χ1v) is 7.54. The van der Waals surface area contributed by atoms with Crippen LogP contribution in [0, 0.1) is 5.92 Å². The average Bonchev–Trinajstić information content (AvgIpc) is 2.58. The van der Waals surface area contributed by atoms with E-state index in [1.165, 1.54) is 12.1 Å². The molecule has 7 heteroatoms. The lowest BCUT2D eigenvalue weighted by atomic mass is 9.97. The van der Waals surface area contributed by atoms with Gasteiger partial charge in [-0.3, -0.25) is 0 Å². The molecule has 1 saturated heterocycles. The quantitative estimate of drug-likeness (QED) is 0.732. The van der Waals surface area contributed by atoms with Gasteiger partial charge in [-0.25, -0.2) is 9.59 Å². The number of carbonyl (C=O) groups excluding carboxylic acids is 1. The Morgan fingerprint density at radius 2 is 2.04 bits per heavy atom. The Balaban J connectivity index is 1.73. The minimum Gasteiger partial charge on any atom is -0.478 e. The van der Waals surface area contributed by atoms with Gasteiger partial charge in [-0.1, -0.05) is 12.1 Å². The molecule has 2 amide bonds. The highest BCUT2D eigenvalue weighted by Crippen LogP contribution is 2.17. The fourth-order valence-corrected chi connectivity index (χ4v) is 2.48. The van der Waals surface area contributed by atoms with E-state index in [0.717, 1.165) is 12.0 Å². The fourth-order valence-electron chi connectivity index (χ4n) is 2.48. The maximum absolute atomic E-state index is 11.8. The monoisotopic (exact) mass is 322 g/mol. The number of amides is 2. The fraction of sp³-hybridized carbons (Fsp3) is 0.500. The predicted octanol–water partition coefficient (Wildman–Crippen LogP) is 1.24. The third kappa shape index (κ3) is 5.22. The number of carboxylic acid groups (broad SMARTS) is 1. The summed E-state index contributed by atoms with van der Waals surface area (Å²) in [7, 11) is 1.65. The lowest BCUT2D eigenvalue weighted by molar-refractivity contribution is -0.0638. The van der Waals surface area contributed by atoms with Crippen molar-refractivity contribution in [2.24, 2.45) is 5.92 Å². The van der Waals surface area contributed by atoms with Gasteiger partial charge in [0.15, 0.2) is 0 Å². The number of urea groups is 1. The van der Waals surface area contributed by atoms with Crippen LogP contribution in [0.15, 0.2) is 24.3 Å². The van der Waals surface area contributed by atoms with Crippen molar-refractivity contribution in [3.8, 4) is 0 Å². The number of rotatable bonds is 6. The van der Waals surface area contributed by atoms with Gasteiger partial charge in [-0.05, 0) is 24.1 Å². The second-order valence-corrected chi connectivity index (χ2v) is 5.46. The first-order chi connectivity index (χ1) is 11.1. The number of nitrogens with one attached hydrogen (secondary N) is 2. The number of hydrogen-bond acceptors (Lipinski definition) is 4. The van der Waals surface area contributed by atoms with Gasteiger partial charge in [0.1, 0.15) is 0 Å². The minimum absolute atomic E-state index is 0.00705. The van der Waals surface area contributed by atoms with Crippen molar-refractivity contribution in [3.63, 3.8) is 0 Å². The van der Waals surface area contributed by atoms with E-state index < -0.39 is 5.97 Å². The highest BCUT2D eigenvalue weighted by molar-refractivity contribution is 5.87. The van der Waals surface area contributed by atoms with Crippen molar-refractivity contribution in [2.75, 3.05) is 26.9 Å². The second-order valence-electron chi connectivity index (χ2n) is 5.46. The van der Waals surface area contributed by atoms with Crippen LogP contribution >= 0.6 is 0 Å². The van der Waals surface area contributed by atoms with Crippen molar-refractivity contribution in [3.05, 3.63) is 35.4 Å². The second kappa shape index (κ2) is 8.50. The van der Waals surface area contributed by atoms with Crippen LogP contribution in [0.2, 0.25) is 0 Å². The molecule has 7 nitrogen and oxygen atoms in total. The Bertz CT molecular complexity index is 532. The molecule has 0 bridgehead atoms. The lowest BCUT2D eigenvalue weighted by Gasteiger charge is -2.30. The molecular weight excluding hydrogens is 300 g/mol. The van der Waals surface area contributed by atoms with Crippen molar-refractivity contribution in [1.29, 1.82) is 0 Å². The summed E-state index contributed by atoms with van der Waals surface area (Å²) in [6, 6.07) is 6.14. The molecular formula is C16H22N2O5. The third-order valence-electron chi connectivity index (χ3n) is 3.92. The van der Waals surface area contributed by atoms with Crippen molar-refractivity contribution in [1.82, 2.24) is 10.6 Å². The van der Waals surface area contributed by atoms with Gasteiger partial charge in [-0.2, -0.15) is 0 Å². The van der Waals surface area contributed by atoms with Crippen LogP contribution in [-0.2, 0) is 16.0 Å². The van der Waals surface area contributed by atoms with Gasteiger partial charge in [0.25, 0.3) is 0 Å². The van der Waals surface area contributed by atoms with Crippen LogP contribution in [0.1, 0.15) is 22.3 Å². The standard InChI is InChI=1S/C16H22N2O5/c1-22-14-10-23-7-6-13(14)9-18-16(21)17-8-11-2-4-12(5-3-11)15(19)20/h2-5,13-14H,6-10H2,1H3,(H,19,20)(H2,17,18,21). The first-order valence-electron chi connectivity index (χ1n) is 7.54. The molecule has 0 radical (unpaired) electrons. The van der Waals surface area contributed by atoms with Crippen molar-refractivity contribution >= 4 is 12.0 Å². The number of hydrogen-bond donors (Lipinski definition) is 3. The van der Waals surface area contributed by atoms with Gasteiger partial charge in [0.05, 0.1) is 18.3 Å². The van der Waals surface area contributed by atoms with E-state index in [9.17, 15) is 9.59 Å². The number of carboxylic acids is 1. The summed E-state index contributed by atoms with van der Waals surface area (Å²) in [5.74, 6) is -0.722. The summed E-state index contributed by atoms with van der Waals surface area (Å²) in [5, 5.41) is 14.4. The van der Waals surface area contributed by atoms with Crippen LogP contribution in [0.4, 0.5) is 4.79 Å². The van der Waals surface area contributed by atoms with Crippen molar-refractivity contribution in [2.45, 2.75) is 19.1 Å². The molecule has 0 spiro atoms. The van der Waals surface area contributed by atoms with E-state index >= 15 is 0 Å². The largest absolute Gasteiger partial charge is 0.478 e. The van der Waals surface area contributed by atoms with E-state index in [4.69, 9.17) is 14.6 Å². The zero-order valence-electron chi connectivity index (χ0n) is 13.1. The van der Waals surface area contributed by atoms with Crippen LogP contribution in [0.5, 0.6) is 0 Å². The van der Waals surface area contributed by atoms with Gasteiger partial charge in [-0.15, -0.1) is 0 Å². The third-order valence-corrected chi connectivity index (χ3v) is 3.92. The molecule has 1 aromatic rings.